The molecule has 42 heavy (non-hydrogen) atoms. The van der Waals surface area contributed by atoms with Gasteiger partial charge in [-0.3, -0.25) is 0 Å². The van der Waals surface area contributed by atoms with E-state index in [9.17, 15) is 0 Å². The summed E-state index contributed by atoms with van der Waals surface area (Å²) in [7, 11) is 0. The molecule has 2 nitrogen and oxygen atoms in total. The lowest BCUT2D eigenvalue weighted by Crippen LogP contribution is -1.95. The second kappa shape index (κ2) is 8.95. The lowest BCUT2D eigenvalue weighted by Gasteiger charge is -2.11. The van der Waals surface area contributed by atoms with Gasteiger partial charge >= 0.3 is 0 Å². The molecule has 0 aliphatic carbocycles. The van der Waals surface area contributed by atoms with Gasteiger partial charge in [0.1, 0.15) is 0 Å². The molecule has 9 rings (SSSR count). The van der Waals surface area contributed by atoms with Gasteiger partial charge in [0.25, 0.3) is 0 Å². The highest BCUT2D eigenvalue weighted by Crippen LogP contribution is 2.39. The summed E-state index contributed by atoms with van der Waals surface area (Å²) in [4.78, 5) is 0. The van der Waals surface area contributed by atoms with E-state index >= 15 is 0 Å². The fourth-order valence-corrected chi connectivity index (χ4v) is 6.74. The van der Waals surface area contributed by atoms with Crippen LogP contribution in [0.5, 0.6) is 0 Å². The van der Waals surface area contributed by atoms with Gasteiger partial charge in [-0.05, 0) is 76.5 Å². The van der Waals surface area contributed by atoms with Crippen LogP contribution in [-0.2, 0) is 0 Å². The molecule has 2 aromatic heterocycles. The van der Waals surface area contributed by atoms with E-state index < -0.39 is 0 Å². The minimum absolute atomic E-state index is 1.16. The van der Waals surface area contributed by atoms with Crippen LogP contribution in [0.3, 0.4) is 0 Å². The fourth-order valence-electron chi connectivity index (χ4n) is 6.74. The maximum atomic E-state index is 2.42. The Kier molecular flexibility index (Phi) is 4.93. The van der Waals surface area contributed by atoms with Crippen LogP contribution >= 0.6 is 0 Å². The molecular weight excluding hydrogens is 508 g/mol. The molecule has 0 N–H and O–H groups in total. The zero-order valence-electron chi connectivity index (χ0n) is 22.9. The summed E-state index contributed by atoms with van der Waals surface area (Å²) in [5.41, 5.74) is 9.65. The molecule has 0 unspecified atom stereocenters. The van der Waals surface area contributed by atoms with Gasteiger partial charge in [0.2, 0.25) is 0 Å². The van der Waals surface area contributed by atoms with E-state index in [0.717, 1.165) is 5.69 Å². The van der Waals surface area contributed by atoms with E-state index in [1.165, 1.54) is 71.2 Å². The van der Waals surface area contributed by atoms with Crippen molar-refractivity contribution in [2.75, 3.05) is 0 Å². The molecule has 0 aliphatic heterocycles. The third-order valence-corrected chi connectivity index (χ3v) is 8.69. The van der Waals surface area contributed by atoms with E-state index in [1.54, 1.807) is 0 Å². The predicted octanol–water partition coefficient (Wildman–Crippen LogP) is 10.7. The van der Waals surface area contributed by atoms with Crippen molar-refractivity contribution in [3.05, 3.63) is 158 Å². The van der Waals surface area contributed by atoms with Gasteiger partial charge in [-0.1, -0.05) is 103 Å². The number of benzene rings is 7. The molecule has 7 aromatic carbocycles. The molecule has 0 fully saturated rings. The van der Waals surface area contributed by atoms with Gasteiger partial charge in [0.05, 0.1) is 22.1 Å². The molecule has 9 aromatic rings. The minimum atomic E-state index is 1.16. The summed E-state index contributed by atoms with van der Waals surface area (Å²) in [5.74, 6) is 0. The number of fused-ring (bicyclic) bond motifs is 7. The number of rotatable bonds is 3. The maximum Gasteiger partial charge on any atom is 0.0562 e. The highest BCUT2D eigenvalue weighted by atomic mass is 15.0. The largest absolute Gasteiger partial charge is 0.309 e. The van der Waals surface area contributed by atoms with Gasteiger partial charge in [-0.25, -0.2) is 0 Å². The third-order valence-electron chi connectivity index (χ3n) is 8.69. The predicted molar refractivity (Wildman–Crippen MR) is 178 cm³/mol. The molecule has 2 heteroatoms. The standard InChI is InChI=1S/C40H26N2/c1-2-12-31(13-3-1)41-37-16-8-6-14-33(37)35-25-36-34-15-7-9-17-38(34)42(40(36)26-39(35)41)32-22-20-28(21-23-32)30-19-18-27-10-4-5-11-29(27)24-30/h1-26H. The lowest BCUT2D eigenvalue weighted by atomic mass is 10.0. The minimum Gasteiger partial charge on any atom is -0.309 e. The van der Waals surface area contributed by atoms with Crippen LogP contribution in [0.4, 0.5) is 0 Å². The topological polar surface area (TPSA) is 9.86 Å². The van der Waals surface area contributed by atoms with E-state index in [0.29, 0.717) is 0 Å². The number of hydrogen-bond donors (Lipinski definition) is 0. The Morgan fingerprint density at radius 1 is 0.286 bits per heavy atom. The molecule has 0 spiro atoms. The Morgan fingerprint density at radius 3 is 1.48 bits per heavy atom. The first kappa shape index (κ1) is 23.1. The first-order valence-electron chi connectivity index (χ1n) is 14.4. The van der Waals surface area contributed by atoms with E-state index in [4.69, 9.17) is 0 Å². The Labute approximate surface area is 243 Å². The van der Waals surface area contributed by atoms with Crippen LogP contribution in [0, 0.1) is 0 Å². The highest BCUT2D eigenvalue weighted by Gasteiger charge is 2.18. The average molecular weight is 535 g/mol. The normalized spacial score (nSPS) is 11.8. The van der Waals surface area contributed by atoms with Crippen molar-refractivity contribution in [2.24, 2.45) is 0 Å². The molecule has 0 saturated carbocycles. The molecule has 0 aliphatic rings. The van der Waals surface area contributed by atoms with E-state index in [-0.39, 0.29) is 0 Å². The molecular formula is C40H26N2. The monoisotopic (exact) mass is 534 g/mol. The van der Waals surface area contributed by atoms with Crippen molar-refractivity contribution < 1.29 is 0 Å². The van der Waals surface area contributed by atoms with Crippen molar-refractivity contribution >= 4 is 54.4 Å². The first-order chi connectivity index (χ1) is 20.8. The molecule has 0 bridgehead atoms. The van der Waals surface area contributed by atoms with Crippen LogP contribution in [0.1, 0.15) is 0 Å². The van der Waals surface area contributed by atoms with Gasteiger partial charge in [-0.2, -0.15) is 0 Å². The van der Waals surface area contributed by atoms with Crippen molar-refractivity contribution in [3.63, 3.8) is 0 Å². The highest BCUT2D eigenvalue weighted by molar-refractivity contribution is 6.19. The first-order valence-corrected chi connectivity index (χ1v) is 14.4. The lowest BCUT2D eigenvalue weighted by molar-refractivity contribution is 1.16. The van der Waals surface area contributed by atoms with Gasteiger partial charge in [-0.15, -0.1) is 0 Å². The van der Waals surface area contributed by atoms with Gasteiger partial charge in [0, 0.05) is 32.9 Å². The summed E-state index contributed by atoms with van der Waals surface area (Å²) >= 11 is 0. The summed E-state index contributed by atoms with van der Waals surface area (Å²) in [6, 6.07) is 57.3. The Hall–Kier alpha value is -5.60. The zero-order chi connectivity index (χ0) is 27.6. The number of nitrogens with zero attached hydrogens (tertiary/aromatic N) is 2. The van der Waals surface area contributed by atoms with Crippen molar-refractivity contribution in [3.8, 4) is 22.5 Å². The molecule has 196 valence electrons. The number of hydrogen-bond acceptors (Lipinski definition) is 0. The van der Waals surface area contributed by atoms with Crippen LogP contribution in [0.2, 0.25) is 0 Å². The van der Waals surface area contributed by atoms with Crippen molar-refractivity contribution in [1.29, 1.82) is 0 Å². The second-order valence-corrected chi connectivity index (χ2v) is 11.0. The summed E-state index contributed by atoms with van der Waals surface area (Å²) in [5, 5.41) is 7.62. The SMILES string of the molecule is c1ccc(-n2c3ccccc3c3cc4c5ccccc5n(-c5ccc(-c6ccc7ccccc7c6)cc5)c4cc32)cc1. The van der Waals surface area contributed by atoms with Gasteiger partial charge < -0.3 is 9.13 Å². The number of para-hydroxylation sites is 3. The fraction of sp³-hybridized carbons (Fsp3) is 0. The van der Waals surface area contributed by atoms with Crippen molar-refractivity contribution in [2.45, 2.75) is 0 Å². The smallest absolute Gasteiger partial charge is 0.0562 e. The number of aromatic nitrogens is 2. The quantitative estimate of drug-likeness (QED) is 0.213. The average Bonchev–Trinajstić information content (AvgIpc) is 3.56. The molecule has 0 radical (unpaired) electrons. The zero-order valence-corrected chi connectivity index (χ0v) is 22.9. The second-order valence-electron chi connectivity index (χ2n) is 11.0. The summed E-state index contributed by atoms with van der Waals surface area (Å²) in [6.45, 7) is 0. The molecule has 0 amide bonds. The van der Waals surface area contributed by atoms with E-state index in [1.807, 2.05) is 0 Å². The van der Waals surface area contributed by atoms with Crippen molar-refractivity contribution in [1.82, 2.24) is 9.13 Å². The third kappa shape index (κ3) is 3.39. The van der Waals surface area contributed by atoms with Gasteiger partial charge in [0.15, 0.2) is 0 Å². The van der Waals surface area contributed by atoms with Crippen LogP contribution < -0.4 is 0 Å². The summed E-state index contributed by atoms with van der Waals surface area (Å²) in [6.07, 6.45) is 0. The van der Waals surface area contributed by atoms with Crippen LogP contribution in [-0.4, -0.2) is 9.13 Å². The molecule has 2 heterocycles. The molecule has 0 saturated heterocycles. The Morgan fingerprint density at radius 2 is 0.810 bits per heavy atom. The van der Waals surface area contributed by atoms with E-state index in [2.05, 4.69) is 167 Å². The maximum absolute atomic E-state index is 2.42. The summed E-state index contributed by atoms with van der Waals surface area (Å²) < 4.78 is 4.82. The van der Waals surface area contributed by atoms with Crippen LogP contribution in [0.25, 0.3) is 76.9 Å². The van der Waals surface area contributed by atoms with Crippen LogP contribution in [0.15, 0.2) is 158 Å². The molecule has 0 atom stereocenters. The Bertz CT molecular complexity index is 2440. The Balaban J connectivity index is 1.29.